The van der Waals surface area contributed by atoms with Crippen LogP contribution in [0.1, 0.15) is 44.3 Å². The summed E-state index contributed by atoms with van der Waals surface area (Å²) in [5.41, 5.74) is 1.18. The van der Waals surface area contributed by atoms with Crippen LogP contribution in [0.4, 0.5) is 11.4 Å². The predicted octanol–water partition coefficient (Wildman–Crippen LogP) is 3.19. The highest BCUT2D eigenvalue weighted by molar-refractivity contribution is 7.99. The zero-order valence-electron chi connectivity index (χ0n) is 17.6. The summed E-state index contributed by atoms with van der Waals surface area (Å²) in [4.78, 5) is 25.6. The van der Waals surface area contributed by atoms with Gasteiger partial charge in [-0.05, 0) is 81.4 Å². The molecule has 4 aliphatic carbocycles. The first-order valence-electron chi connectivity index (χ1n) is 10.9. The summed E-state index contributed by atoms with van der Waals surface area (Å²) in [6, 6.07) is 7.36. The Balaban J connectivity index is 1.20. The number of carbonyl (C=O) groups excluding carboxylic acids is 2. The molecule has 164 valence electrons. The Hall–Kier alpha value is -2.55. The van der Waals surface area contributed by atoms with E-state index in [-0.39, 0.29) is 23.0 Å². The third-order valence-corrected chi connectivity index (χ3v) is 8.03. The molecule has 1 heterocycles. The summed E-state index contributed by atoms with van der Waals surface area (Å²) in [5, 5.41) is 14.3. The molecule has 0 spiro atoms. The minimum atomic E-state index is -0.194. The van der Waals surface area contributed by atoms with Crippen molar-refractivity contribution in [3.8, 4) is 0 Å². The molecule has 4 fully saturated rings. The molecule has 8 nitrogen and oxygen atoms in total. The van der Waals surface area contributed by atoms with Gasteiger partial charge in [0.15, 0.2) is 0 Å². The fourth-order valence-corrected chi connectivity index (χ4v) is 6.80. The van der Waals surface area contributed by atoms with Gasteiger partial charge in [0.2, 0.25) is 17.0 Å². The van der Waals surface area contributed by atoms with Crippen molar-refractivity contribution >= 4 is 35.0 Å². The number of nitrogen functional groups attached to an aromatic ring is 1. The van der Waals surface area contributed by atoms with Crippen LogP contribution in [-0.4, -0.2) is 32.4 Å². The van der Waals surface area contributed by atoms with Crippen LogP contribution in [0.25, 0.3) is 0 Å². The van der Waals surface area contributed by atoms with Crippen molar-refractivity contribution < 1.29 is 9.59 Å². The molecule has 0 radical (unpaired) electrons. The zero-order chi connectivity index (χ0) is 21.6. The molecule has 2 aromatic rings. The highest BCUT2D eigenvalue weighted by Gasteiger charge is 2.54. The highest BCUT2D eigenvalue weighted by atomic mass is 32.2. The van der Waals surface area contributed by atoms with Crippen molar-refractivity contribution in [1.29, 1.82) is 0 Å². The number of nitrogens with one attached hydrogen (secondary N) is 2. The van der Waals surface area contributed by atoms with E-state index in [1.165, 1.54) is 35.7 Å². The second-order valence-electron chi connectivity index (χ2n) is 9.47. The number of nitrogens with zero attached hydrogens (tertiary/aromatic N) is 3. The van der Waals surface area contributed by atoms with E-state index in [4.69, 9.17) is 5.84 Å². The minimum Gasteiger partial charge on any atom is -0.336 e. The molecule has 4 N–H and O–H groups in total. The number of hydrogen-bond acceptors (Lipinski definition) is 6. The Morgan fingerprint density at radius 3 is 2.29 bits per heavy atom. The second-order valence-corrected chi connectivity index (χ2v) is 10.4. The van der Waals surface area contributed by atoms with Crippen molar-refractivity contribution in [2.75, 3.05) is 22.2 Å². The fraction of sp³-hybridized carbons (Fsp3) is 0.545. The predicted molar refractivity (Wildman–Crippen MR) is 120 cm³/mol. The number of aryl methyl sites for hydroxylation is 1. The zero-order valence-corrected chi connectivity index (χ0v) is 18.5. The van der Waals surface area contributed by atoms with E-state index in [9.17, 15) is 9.59 Å². The molecule has 6 rings (SSSR count). The standard InChI is InChI=1S/C22H28N6O2S/c1-13-26-27-21(28(13)23)31-12-19(29)24-17-3-2-4-18(8-17)25-20(30)22-9-14-5-15(10-22)7-16(6-14)11-22/h2-4,8,14-16H,5-7,9-12,23H2,1H3,(H,24,29)(H,25,30). The highest BCUT2D eigenvalue weighted by Crippen LogP contribution is 2.60. The first kappa shape index (κ1) is 20.4. The second kappa shape index (κ2) is 7.85. The van der Waals surface area contributed by atoms with Gasteiger partial charge < -0.3 is 16.5 Å². The summed E-state index contributed by atoms with van der Waals surface area (Å²) >= 11 is 1.22. The number of anilines is 2. The maximum atomic E-state index is 13.3. The van der Waals surface area contributed by atoms with Crippen molar-refractivity contribution in [1.82, 2.24) is 14.9 Å². The average Bonchev–Trinajstić information content (AvgIpc) is 3.03. The van der Waals surface area contributed by atoms with Crippen molar-refractivity contribution in [2.24, 2.45) is 23.2 Å². The number of nitrogens with two attached hydrogens (primary N) is 1. The van der Waals surface area contributed by atoms with E-state index in [1.54, 1.807) is 6.92 Å². The number of aromatic nitrogens is 3. The van der Waals surface area contributed by atoms with Crippen LogP contribution >= 0.6 is 11.8 Å². The monoisotopic (exact) mass is 440 g/mol. The average molecular weight is 441 g/mol. The lowest BCUT2D eigenvalue weighted by Gasteiger charge is -2.55. The largest absolute Gasteiger partial charge is 0.336 e. The number of hydrogen-bond donors (Lipinski definition) is 3. The third kappa shape index (κ3) is 4.03. The molecule has 0 atom stereocenters. The van der Waals surface area contributed by atoms with Gasteiger partial charge in [-0.15, -0.1) is 10.2 Å². The molecule has 1 aromatic carbocycles. The van der Waals surface area contributed by atoms with Gasteiger partial charge in [-0.25, -0.2) is 4.68 Å². The van der Waals surface area contributed by atoms with Crippen molar-refractivity contribution in [2.45, 2.75) is 50.6 Å². The molecule has 4 saturated carbocycles. The summed E-state index contributed by atoms with van der Waals surface area (Å²) in [5.74, 6) is 8.73. The molecule has 1 aromatic heterocycles. The Morgan fingerprint density at radius 2 is 1.71 bits per heavy atom. The Morgan fingerprint density at radius 1 is 1.10 bits per heavy atom. The first-order chi connectivity index (χ1) is 14.9. The summed E-state index contributed by atoms with van der Waals surface area (Å²) in [7, 11) is 0. The third-order valence-electron chi connectivity index (χ3n) is 7.09. The molecule has 2 amide bonds. The number of carbonyl (C=O) groups is 2. The Kier molecular flexibility index (Phi) is 5.16. The van der Waals surface area contributed by atoms with Gasteiger partial charge in [0.25, 0.3) is 0 Å². The van der Waals surface area contributed by atoms with E-state index in [0.717, 1.165) is 42.7 Å². The fourth-order valence-electron chi connectivity index (χ4n) is 6.10. The SMILES string of the molecule is Cc1nnc(SCC(=O)Nc2cccc(NC(=O)C34CC5CC(CC(C5)C3)C4)c2)n1N. The van der Waals surface area contributed by atoms with Crippen LogP contribution in [0.15, 0.2) is 29.4 Å². The Bertz CT molecular complexity index is 984. The van der Waals surface area contributed by atoms with Gasteiger partial charge in [0, 0.05) is 11.4 Å². The quantitative estimate of drug-likeness (QED) is 0.469. The van der Waals surface area contributed by atoms with Crippen molar-refractivity contribution in [3.05, 3.63) is 30.1 Å². The normalized spacial score (nSPS) is 28.5. The maximum Gasteiger partial charge on any atom is 0.234 e. The van der Waals surface area contributed by atoms with Crippen LogP contribution < -0.4 is 16.5 Å². The summed E-state index contributed by atoms with van der Waals surface area (Å²) in [6.45, 7) is 1.75. The van der Waals surface area contributed by atoms with Crippen LogP contribution in [0.3, 0.4) is 0 Å². The number of amides is 2. The van der Waals surface area contributed by atoms with Crippen LogP contribution in [0.5, 0.6) is 0 Å². The van der Waals surface area contributed by atoms with E-state index in [2.05, 4.69) is 20.8 Å². The lowest BCUT2D eigenvalue weighted by Crippen LogP contribution is -2.51. The van der Waals surface area contributed by atoms with E-state index in [0.29, 0.717) is 16.7 Å². The van der Waals surface area contributed by atoms with Crippen LogP contribution in [-0.2, 0) is 9.59 Å². The smallest absolute Gasteiger partial charge is 0.234 e. The topological polar surface area (TPSA) is 115 Å². The van der Waals surface area contributed by atoms with E-state index in [1.807, 2.05) is 24.3 Å². The van der Waals surface area contributed by atoms with Gasteiger partial charge in [0.05, 0.1) is 11.2 Å². The Labute approximate surface area is 185 Å². The first-order valence-corrected chi connectivity index (χ1v) is 11.9. The van der Waals surface area contributed by atoms with Gasteiger partial charge in [-0.3, -0.25) is 9.59 Å². The molecule has 0 unspecified atom stereocenters. The van der Waals surface area contributed by atoms with E-state index < -0.39 is 0 Å². The maximum absolute atomic E-state index is 13.3. The molecular weight excluding hydrogens is 412 g/mol. The van der Waals surface area contributed by atoms with Gasteiger partial charge >= 0.3 is 0 Å². The number of rotatable bonds is 6. The number of benzene rings is 1. The lowest BCUT2D eigenvalue weighted by atomic mass is 9.49. The van der Waals surface area contributed by atoms with Gasteiger partial charge in [-0.1, -0.05) is 17.8 Å². The van der Waals surface area contributed by atoms with Gasteiger partial charge in [-0.2, -0.15) is 0 Å². The minimum absolute atomic E-state index is 0.156. The molecule has 4 bridgehead atoms. The molecular formula is C22H28N6O2S. The van der Waals surface area contributed by atoms with Gasteiger partial charge in [0.1, 0.15) is 5.82 Å². The van der Waals surface area contributed by atoms with E-state index >= 15 is 0 Å². The molecule has 31 heavy (non-hydrogen) atoms. The summed E-state index contributed by atoms with van der Waals surface area (Å²) in [6.07, 6.45) is 7.03. The number of thioether (sulfide) groups is 1. The summed E-state index contributed by atoms with van der Waals surface area (Å²) < 4.78 is 1.36. The molecule has 4 aliphatic rings. The van der Waals surface area contributed by atoms with Crippen LogP contribution in [0, 0.1) is 30.1 Å². The lowest BCUT2D eigenvalue weighted by molar-refractivity contribution is -0.140. The van der Waals surface area contributed by atoms with Crippen LogP contribution in [0.2, 0.25) is 0 Å². The van der Waals surface area contributed by atoms with Crippen molar-refractivity contribution in [3.63, 3.8) is 0 Å². The molecule has 0 aliphatic heterocycles. The molecule has 9 heteroatoms. The molecule has 0 saturated heterocycles.